The number of esters is 1. The summed E-state index contributed by atoms with van der Waals surface area (Å²) in [6.45, 7) is 0. The van der Waals surface area contributed by atoms with Gasteiger partial charge in [0.1, 0.15) is 0 Å². The quantitative estimate of drug-likeness (QED) is 0.869. The maximum atomic E-state index is 13.1. The average Bonchev–Trinajstić information content (AvgIpc) is 2.78. The Labute approximate surface area is 107 Å². The summed E-state index contributed by atoms with van der Waals surface area (Å²) >= 11 is 0. The van der Waals surface area contributed by atoms with E-state index >= 15 is 0 Å². The molecule has 6 heteroatoms. The zero-order valence-corrected chi connectivity index (χ0v) is 10.1. The topological polar surface area (TPSA) is 42.1 Å². The first-order valence-corrected chi connectivity index (χ1v) is 5.63. The molecule has 1 N–H and O–H groups in total. The summed E-state index contributed by atoms with van der Waals surface area (Å²) in [6, 6.07) is 6.67. The highest BCUT2D eigenvalue weighted by Gasteiger charge is 2.43. The summed E-state index contributed by atoms with van der Waals surface area (Å²) in [6.07, 6.45) is -3.92. The first-order chi connectivity index (χ1) is 8.93. The SMILES string of the molecule is COC(=O)CC(c1c[nH]c2ccccc12)C(F)(F)F. The van der Waals surface area contributed by atoms with E-state index in [0.29, 0.717) is 10.9 Å². The Kier molecular flexibility index (Phi) is 3.50. The number of alkyl halides is 3. The zero-order chi connectivity index (χ0) is 14.0. The van der Waals surface area contributed by atoms with Crippen LogP contribution in [0.2, 0.25) is 0 Å². The van der Waals surface area contributed by atoms with Crippen molar-refractivity contribution in [2.24, 2.45) is 0 Å². The lowest BCUT2D eigenvalue weighted by molar-refractivity contribution is -0.164. The molecule has 0 aliphatic heterocycles. The van der Waals surface area contributed by atoms with E-state index in [0.717, 1.165) is 7.11 Å². The molecule has 3 nitrogen and oxygen atoms in total. The van der Waals surface area contributed by atoms with E-state index in [1.54, 1.807) is 24.3 Å². The normalized spacial score (nSPS) is 13.5. The molecule has 102 valence electrons. The first kappa shape index (κ1) is 13.5. The van der Waals surface area contributed by atoms with Gasteiger partial charge in [-0.3, -0.25) is 4.79 Å². The van der Waals surface area contributed by atoms with Gasteiger partial charge in [-0.1, -0.05) is 18.2 Å². The second-order valence-corrected chi connectivity index (χ2v) is 4.16. The van der Waals surface area contributed by atoms with Crippen LogP contribution in [0.3, 0.4) is 0 Å². The largest absolute Gasteiger partial charge is 0.469 e. The van der Waals surface area contributed by atoms with Crippen molar-refractivity contribution >= 4 is 16.9 Å². The van der Waals surface area contributed by atoms with Gasteiger partial charge < -0.3 is 9.72 Å². The molecule has 0 amide bonds. The standard InChI is InChI=1S/C13H12F3NO2/c1-19-12(18)6-10(13(14,15)16)9-7-17-11-5-3-2-4-8(9)11/h2-5,7,10,17H,6H2,1H3. The molecular formula is C13H12F3NO2. The van der Waals surface area contributed by atoms with Gasteiger partial charge in [0.2, 0.25) is 0 Å². The second-order valence-electron chi connectivity index (χ2n) is 4.16. The minimum atomic E-state index is -4.50. The van der Waals surface area contributed by atoms with Crippen LogP contribution in [-0.2, 0) is 9.53 Å². The number of halogens is 3. The Balaban J connectivity index is 2.46. The fraction of sp³-hybridized carbons (Fsp3) is 0.308. The summed E-state index contributed by atoms with van der Waals surface area (Å²) in [5, 5.41) is 0.466. The van der Waals surface area contributed by atoms with Crippen LogP contribution in [0.4, 0.5) is 13.2 Å². The Hall–Kier alpha value is -1.98. The van der Waals surface area contributed by atoms with Gasteiger partial charge >= 0.3 is 12.1 Å². The molecule has 0 spiro atoms. The number of H-pyrrole nitrogens is 1. The smallest absolute Gasteiger partial charge is 0.396 e. The Bertz CT molecular complexity index is 589. The molecule has 0 aliphatic carbocycles. The Morgan fingerprint density at radius 1 is 1.37 bits per heavy atom. The van der Waals surface area contributed by atoms with Gasteiger partial charge in [-0.2, -0.15) is 13.2 Å². The van der Waals surface area contributed by atoms with Gasteiger partial charge in [-0.05, 0) is 11.6 Å². The van der Waals surface area contributed by atoms with Crippen LogP contribution < -0.4 is 0 Å². The molecule has 2 aromatic rings. The van der Waals surface area contributed by atoms with Crippen LogP contribution in [0, 0.1) is 0 Å². The Morgan fingerprint density at radius 3 is 2.68 bits per heavy atom. The molecule has 1 aromatic carbocycles. The van der Waals surface area contributed by atoms with Crippen molar-refractivity contribution < 1.29 is 22.7 Å². The predicted octanol–water partition coefficient (Wildman–Crippen LogP) is 3.38. The maximum absolute atomic E-state index is 13.1. The van der Waals surface area contributed by atoms with E-state index in [4.69, 9.17) is 0 Å². The van der Waals surface area contributed by atoms with Crippen molar-refractivity contribution in [1.29, 1.82) is 0 Å². The molecule has 1 atom stereocenters. The van der Waals surface area contributed by atoms with Gasteiger partial charge in [0.15, 0.2) is 0 Å². The van der Waals surface area contributed by atoms with Crippen LogP contribution in [0.1, 0.15) is 17.9 Å². The monoisotopic (exact) mass is 271 g/mol. The molecule has 1 heterocycles. The highest BCUT2D eigenvalue weighted by molar-refractivity contribution is 5.84. The number of ether oxygens (including phenoxy) is 1. The molecular weight excluding hydrogens is 259 g/mol. The number of para-hydroxylation sites is 1. The van der Waals surface area contributed by atoms with Gasteiger partial charge in [0, 0.05) is 17.1 Å². The zero-order valence-electron chi connectivity index (χ0n) is 10.1. The third-order valence-corrected chi connectivity index (χ3v) is 2.99. The van der Waals surface area contributed by atoms with E-state index in [2.05, 4.69) is 9.72 Å². The van der Waals surface area contributed by atoms with Crippen LogP contribution in [0.25, 0.3) is 10.9 Å². The third kappa shape index (κ3) is 2.72. The maximum Gasteiger partial charge on any atom is 0.396 e. The highest BCUT2D eigenvalue weighted by atomic mass is 19.4. The van der Waals surface area contributed by atoms with Crippen molar-refractivity contribution in [3.63, 3.8) is 0 Å². The lowest BCUT2D eigenvalue weighted by Gasteiger charge is -2.18. The minimum absolute atomic E-state index is 0.0634. The van der Waals surface area contributed by atoms with Crippen LogP contribution >= 0.6 is 0 Å². The molecule has 2 rings (SSSR count). The van der Waals surface area contributed by atoms with Crippen molar-refractivity contribution in [3.8, 4) is 0 Å². The molecule has 1 aromatic heterocycles. The van der Waals surface area contributed by atoms with Crippen molar-refractivity contribution in [1.82, 2.24) is 4.98 Å². The van der Waals surface area contributed by atoms with E-state index in [1.165, 1.54) is 6.20 Å². The lowest BCUT2D eigenvalue weighted by atomic mass is 9.94. The highest BCUT2D eigenvalue weighted by Crippen LogP contribution is 2.40. The summed E-state index contributed by atoms with van der Waals surface area (Å²) in [5.41, 5.74) is 0.671. The molecule has 0 radical (unpaired) electrons. The average molecular weight is 271 g/mol. The molecule has 19 heavy (non-hydrogen) atoms. The first-order valence-electron chi connectivity index (χ1n) is 5.63. The number of rotatable bonds is 3. The van der Waals surface area contributed by atoms with Crippen LogP contribution in [-0.4, -0.2) is 24.2 Å². The number of aromatic amines is 1. The van der Waals surface area contributed by atoms with Crippen LogP contribution in [0.5, 0.6) is 0 Å². The molecule has 0 bridgehead atoms. The summed E-state index contributed by atoms with van der Waals surface area (Å²) in [7, 11) is 1.07. The fourth-order valence-corrected chi connectivity index (χ4v) is 2.03. The van der Waals surface area contributed by atoms with Crippen molar-refractivity contribution in [2.75, 3.05) is 7.11 Å². The Morgan fingerprint density at radius 2 is 2.05 bits per heavy atom. The molecule has 1 unspecified atom stereocenters. The number of nitrogens with one attached hydrogen (secondary N) is 1. The van der Waals surface area contributed by atoms with Crippen LogP contribution in [0.15, 0.2) is 30.5 Å². The molecule has 0 saturated heterocycles. The molecule has 0 aliphatic rings. The number of carbonyl (C=O) groups is 1. The van der Waals surface area contributed by atoms with E-state index < -0.39 is 24.5 Å². The number of aromatic nitrogens is 1. The summed E-state index contributed by atoms with van der Waals surface area (Å²) < 4.78 is 43.6. The lowest BCUT2D eigenvalue weighted by Crippen LogP contribution is -2.24. The predicted molar refractivity (Wildman–Crippen MR) is 63.7 cm³/mol. The van der Waals surface area contributed by atoms with E-state index in [-0.39, 0.29) is 5.56 Å². The molecule has 0 fully saturated rings. The second kappa shape index (κ2) is 4.95. The number of benzene rings is 1. The third-order valence-electron chi connectivity index (χ3n) is 2.99. The number of hydrogen-bond acceptors (Lipinski definition) is 2. The minimum Gasteiger partial charge on any atom is -0.469 e. The summed E-state index contributed by atoms with van der Waals surface area (Å²) in [4.78, 5) is 13.9. The number of fused-ring (bicyclic) bond motifs is 1. The summed E-state index contributed by atoms with van der Waals surface area (Å²) in [5.74, 6) is -2.75. The van der Waals surface area contributed by atoms with Gasteiger partial charge in [-0.15, -0.1) is 0 Å². The van der Waals surface area contributed by atoms with E-state index in [1.807, 2.05) is 0 Å². The van der Waals surface area contributed by atoms with Gasteiger partial charge in [0.25, 0.3) is 0 Å². The number of methoxy groups -OCH3 is 1. The van der Waals surface area contributed by atoms with Crippen molar-refractivity contribution in [2.45, 2.75) is 18.5 Å². The number of hydrogen-bond donors (Lipinski definition) is 1. The van der Waals surface area contributed by atoms with Gasteiger partial charge in [-0.25, -0.2) is 0 Å². The number of carbonyl (C=O) groups excluding carboxylic acids is 1. The van der Waals surface area contributed by atoms with E-state index in [9.17, 15) is 18.0 Å². The molecule has 0 saturated carbocycles. The van der Waals surface area contributed by atoms with Gasteiger partial charge in [0.05, 0.1) is 19.4 Å². The fourth-order valence-electron chi connectivity index (χ4n) is 2.03. The van der Waals surface area contributed by atoms with Crippen molar-refractivity contribution in [3.05, 3.63) is 36.0 Å².